The van der Waals surface area contributed by atoms with Gasteiger partial charge in [0.05, 0.1) is 17.0 Å². The number of nitrogens with zero attached hydrogens (tertiary/aromatic N) is 4. The van der Waals surface area contributed by atoms with Gasteiger partial charge in [0.15, 0.2) is 11.0 Å². The highest BCUT2D eigenvalue weighted by atomic mass is 35.5. The summed E-state index contributed by atoms with van der Waals surface area (Å²) in [5, 5.41) is 13.7. The molecule has 1 aromatic heterocycles. The second-order valence-corrected chi connectivity index (χ2v) is 9.40. The first-order valence-electron chi connectivity index (χ1n) is 10.9. The predicted octanol–water partition coefficient (Wildman–Crippen LogP) is 5.79. The van der Waals surface area contributed by atoms with E-state index in [0.717, 1.165) is 24.2 Å². The van der Waals surface area contributed by atoms with Crippen LogP contribution in [-0.2, 0) is 4.79 Å². The second kappa shape index (κ2) is 10.9. The highest BCUT2D eigenvalue weighted by molar-refractivity contribution is 7.99. The van der Waals surface area contributed by atoms with Crippen molar-refractivity contribution in [1.29, 1.82) is 0 Å². The second-order valence-electron chi connectivity index (χ2n) is 8.05. The van der Waals surface area contributed by atoms with Gasteiger partial charge in [-0.3, -0.25) is 9.36 Å². The van der Waals surface area contributed by atoms with E-state index in [1.54, 1.807) is 6.07 Å². The summed E-state index contributed by atoms with van der Waals surface area (Å²) >= 11 is 7.30. The third-order valence-corrected chi connectivity index (χ3v) is 6.90. The molecule has 0 atom stereocenters. The molecule has 1 fully saturated rings. The van der Waals surface area contributed by atoms with Crippen LogP contribution in [0.4, 0.5) is 4.39 Å². The number of thioether (sulfide) groups is 1. The zero-order valence-electron chi connectivity index (χ0n) is 18.3. The van der Waals surface area contributed by atoms with E-state index >= 15 is 0 Å². The van der Waals surface area contributed by atoms with Crippen molar-refractivity contribution in [1.82, 2.24) is 20.2 Å². The van der Waals surface area contributed by atoms with Crippen LogP contribution in [-0.4, -0.2) is 32.6 Å². The summed E-state index contributed by atoms with van der Waals surface area (Å²) < 4.78 is 16.0. The maximum Gasteiger partial charge on any atom is 0.250 e. The molecular formula is C24H25ClFN5OS. The number of hydrogen-bond acceptors (Lipinski definition) is 5. The predicted molar refractivity (Wildman–Crippen MR) is 130 cm³/mol. The Hall–Kier alpha value is -2.71. The summed E-state index contributed by atoms with van der Waals surface area (Å²) in [5.41, 5.74) is 4.76. The van der Waals surface area contributed by atoms with Crippen LogP contribution in [0, 0.1) is 12.7 Å². The van der Waals surface area contributed by atoms with Gasteiger partial charge in [-0.05, 0) is 31.9 Å². The molecule has 0 saturated heterocycles. The van der Waals surface area contributed by atoms with Gasteiger partial charge < -0.3 is 0 Å². The van der Waals surface area contributed by atoms with Crippen LogP contribution in [0.5, 0.6) is 0 Å². The lowest BCUT2D eigenvalue weighted by Crippen LogP contribution is -2.21. The first kappa shape index (κ1) is 23.4. The van der Waals surface area contributed by atoms with Crippen LogP contribution < -0.4 is 5.43 Å². The molecule has 0 radical (unpaired) electrons. The van der Waals surface area contributed by atoms with Crippen molar-refractivity contribution in [3.8, 4) is 11.4 Å². The summed E-state index contributed by atoms with van der Waals surface area (Å²) in [7, 11) is 0. The van der Waals surface area contributed by atoms with Gasteiger partial charge in [-0.25, -0.2) is 9.82 Å². The van der Waals surface area contributed by atoms with Crippen molar-refractivity contribution >= 4 is 35.5 Å². The van der Waals surface area contributed by atoms with Crippen LogP contribution in [0.15, 0.2) is 52.7 Å². The molecule has 0 bridgehead atoms. The van der Waals surface area contributed by atoms with Crippen LogP contribution >= 0.6 is 23.4 Å². The van der Waals surface area contributed by atoms with E-state index in [9.17, 15) is 9.18 Å². The van der Waals surface area contributed by atoms with E-state index in [1.807, 2.05) is 0 Å². The molecule has 1 amide bonds. The highest BCUT2D eigenvalue weighted by Gasteiger charge is 2.24. The third kappa shape index (κ3) is 5.81. The minimum absolute atomic E-state index is 0.112. The Bertz CT molecular complexity index is 1120. The first-order valence-corrected chi connectivity index (χ1v) is 12.3. The van der Waals surface area contributed by atoms with E-state index in [0.29, 0.717) is 11.2 Å². The van der Waals surface area contributed by atoms with Gasteiger partial charge in [-0.1, -0.05) is 78.5 Å². The summed E-state index contributed by atoms with van der Waals surface area (Å²) in [5.74, 6) is 0.121. The summed E-state index contributed by atoms with van der Waals surface area (Å²) in [6.45, 7) is 2.05. The number of carbonyl (C=O) groups is 1. The number of amides is 1. The molecule has 0 unspecified atom stereocenters. The van der Waals surface area contributed by atoms with Crippen molar-refractivity contribution in [2.45, 2.75) is 50.2 Å². The molecular weight excluding hydrogens is 461 g/mol. The molecule has 1 aliphatic rings. The van der Waals surface area contributed by atoms with Crippen LogP contribution in [0.3, 0.4) is 0 Å². The fourth-order valence-electron chi connectivity index (χ4n) is 3.91. The number of rotatable bonds is 7. The van der Waals surface area contributed by atoms with Crippen molar-refractivity contribution in [3.63, 3.8) is 0 Å². The molecule has 1 aliphatic carbocycles. The largest absolute Gasteiger partial charge is 0.299 e. The lowest BCUT2D eigenvalue weighted by molar-refractivity contribution is -0.118. The van der Waals surface area contributed by atoms with E-state index in [2.05, 4.69) is 56.5 Å². The molecule has 172 valence electrons. The van der Waals surface area contributed by atoms with Gasteiger partial charge in [-0.2, -0.15) is 5.10 Å². The molecule has 4 rings (SSSR count). The van der Waals surface area contributed by atoms with E-state index in [1.165, 1.54) is 54.9 Å². The Morgan fingerprint density at radius 1 is 1.21 bits per heavy atom. The minimum atomic E-state index is -0.501. The average Bonchev–Trinajstić information content (AvgIpc) is 3.24. The highest BCUT2D eigenvalue weighted by Crippen LogP contribution is 2.35. The molecule has 0 spiro atoms. The van der Waals surface area contributed by atoms with Crippen molar-refractivity contribution in [2.75, 3.05) is 5.75 Å². The number of carbonyl (C=O) groups excluding carboxylic acids is 1. The number of halogens is 2. The van der Waals surface area contributed by atoms with Crippen molar-refractivity contribution in [2.24, 2.45) is 5.10 Å². The van der Waals surface area contributed by atoms with Gasteiger partial charge in [0, 0.05) is 17.2 Å². The summed E-state index contributed by atoms with van der Waals surface area (Å²) in [6, 6.07) is 12.9. The van der Waals surface area contributed by atoms with Gasteiger partial charge in [-0.15, -0.1) is 10.2 Å². The van der Waals surface area contributed by atoms with Crippen molar-refractivity contribution < 1.29 is 9.18 Å². The fourth-order valence-corrected chi connectivity index (χ4v) is 4.92. The maximum atomic E-state index is 13.8. The lowest BCUT2D eigenvalue weighted by atomic mass is 9.95. The number of hydrazone groups is 1. The SMILES string of the molecule is Cc1ccc(-c2nnc(SCC(=O)N/N=C/c3c(F)cccc3Cl)n2C2CCCCC2)cc1. The van der Waals surface area contributed by atoms with Crippen LogP contribution in [0.25, 0.3) is 11.4 Å². The number of aromatic nitrogens is 3. The van der Waals surface area contributed by atoms with Gasteiger partial charge in [0.1, 0.15) is 5.82 Å². The van der Waals surface area contributed by atoms with E-state index in [-0.39, 0.29) is 22.2 Å². The lowest BCUT2D eigenvalue weighted by Gasteiger charge is -2.25. The zero-order chi connectivity index (χ0) is 23.2. The minimum Gasteiger partial charge on any atom is -0.299 e. The molecule has 0 aliphatic heterocycles. The standard InChI is InChI=1S/C24H25ClFN5OS/c1-16-10-12-17(13-11-16)23-29-30-24(31(23)18-6-3-2-4-7-18)33-15-22(32)28-27-14-19-20(25)8-5-9-21(19)26/h5,8-14,18H,2-4,6-7,15H2,1H3,(H,28,32)/b27-14+. The molecule has 6 nitrogen and oxygen atoms in total. The van der Waals surface area contributed by atoms with Crippen LogP contribution in [0.1, 0.15) is 49.3 Å². The number of nitrogens with one attached hydrogen (secondary N) is 1. The maximum absolute atomic E-state index is 13.8. The molecule has 33 heavy (non-hydrogen) atoms. The Morgan fingerprint density at radius 3 is 2.70 bits per heavy atom. The van der Waals surface area contributed by atoms with E-state index < -0.39 is 5.82 Å². The molecule has 9 heteroatoms. The topological polar surface area (TPSA) is 72.2 Å². The Balaban J connectivity index is 1.46. The molecule has 1 saturated carbocycles. The monoisotopic (exact) mass is 485 g/mol. The first-order chi connectivity index (χ1) is 16.0. The summed E-state index contributed by atoms with van der Waals surface area (Å²) in [6.07, 6.45) is 6.95. The molecule has 2 aromatic carbocycles. The normalized spacial score (nSPS) is 14.6. The van der Waals surface area contributed by atoms with Gasteiger partial charge in [0.25, 0.3) is 5.91 Å². The van der Waals surface area contributed by atoms with Gasteiger partial charge >= 0.3 is 0 Å². The number of benzene rings is 2. The molecule has 3 aromatic rings. The molecule has 1 N–H and O–H groups in total. The number of hydrogen-bond donors (Lipinski definition) is 1. The quantitative estimate of drug-likeness (QED) is 0.261. The van der Waals surface area contributed by atoms with E-state index in [4.69, 9.17) is 11.6 Å². The Kier molecular flexibility index (Phi) is 7.77. The Labute approximate surface area is 201 Å². The average molecular weight is 486 g/mol. The number of aryl methyl sites for hydroxylation is 1. The smallest absolute Gasteiger partial charge is 0.250 e. The Morgan fingerprint density at radius 2 is 1.97 bits per heavy atom. The zero-order valence-corrected chi connectivity index (χ0v) is 19.9. The third-order valence-electron chi connectivity index (χ3n) is 5.63. The van der Waals surface area contributed by atoms with Gasteiger partial charge in [0.2, 0.25) is 0 Å². The van der Waals surface area contributed by atoms with Crippen molar-refractivity contribution in [3.05, 3.63) is 64.4 Å². The molecule has 1 heterocycles. The summed E-state index contributed by atoms with van der Waals surface area (Å²) in [4.78, 5) is 12.3. The van der Waals surface area contributed by atoms with Crippen LogP contribution in [0.2, 0.25) is 5.02 Å². The fraction of sp³-hybridized carbons (Fsp3) is 0.333.